The Morgan fingerprint density at radius 2 is 2.22 bits per heavy atom. The second kappa shape index (κ2) is 5.25. The first-order valence-electron chi connectivity index (χ1n) is 5.40. The van der Waals surface area contributed by atoms with Crippen molar-refractivity contribution in [3.8, 4) is 6.07 Å². The van der Waals surface area contributed by atoms with Gasteiger partial charge in [0.2, 0.25) is 0 Å². The normalized spacial score (nSPS) is 10.3. The second-order valence-electron chi connectivity index (χ2n) is 3.82. The summed E-state index contributed by atoms with van der Waals surface area (Å²) in [5.41, 5.74) is 2.08. The molecule has 0 spiro atoms. The standard InChI is InChI=1S/C13H12N2O2S/c1-8-9(2)17-13(15-8)18-12-4-3-10(7-16)5-11(12)6-14/h3-5,16H,7H2,1-2H3. The highest BCUT2D eigenvalue weighted by Gasteiger charge is 2.11. The van der Waals surface area contributed by atoms with Gasteiger partial charge in [0, 0.05) is 4.90 Å². The molecule has 5 heteroatoms. The summed E-state index contributed by atoms with van der Waals surface area (Å²) in [5, 5.41) is 18.6. The number of rotatable bonds is 3. The first kappa shape index (κ1) is 12.7. The Bertz CT molecular complexity index is 594. The van der Waals surface area contributed by atoms with Crippen LogP contribution in [0.3, 0.4) is 0 Å². The van der Waals surface area contributed by atoms with Crippen LogP contribution in [0.1, 0.15) is 22.6 Å². The molecule has 0 amide bonds. The van der Waals surface area contributed by atoms with Gasteiger partial charge < -0.3 is 9.52 Å². The van der Waals surface area contributed by atoms with E-state index in [9.17, 15) is 0 Å². The maximum atomic E-state index is 9.08. The maximum absolute atomic E-state index is 9.08. The van der Waals surface area contributed by atoms with Gasteiger partial charge in [-0.2, -0.15) is 5.26 Å². The summed E-state index contributed by atoms with van der Waals surface area (Å²) in [6, 6.07) is 7.36. The van der Waals surface area contributed by atoms with Crippen molar-refractivity contribution in [3.63, 3.8) is 0 Å². The van der Waals surface area contributed by atoms with Gasteiger partial charge in [-0.05, 0) is 43.3 Å². The molecule has 2 rings (SSSR count). The molecule has 0 aliphatic rings. The average Bonchev–Trinajstić information content (AvgIpc) is 2.69. The van der Waals surface area contributed by atoms with E-state index in [1.807, 2.05) is 13.8 Å². The lowest BCUT2D eigenvalue weighted by Crippen LogP contribution is -1.87. The monoisotopic (exact) mass is 260 g/mol. The van der Waals surface area contributed by atoms with Crippen LogP contribution in [0.4, 0.5) is 0 Å². The van der Waals surface area contributed by atoms with Crippen molar-refractivity contribution in [2.24, 2.45) is 0 Å². The third kappa shape index (κ3) is 2.55. The van der Waals surface area contributed by atoms with Crippen molar-refractivity contribution in [1.82, 2.24) is 4.98 Å². The van der Waals surface area contributed by atoms with Crippen molar-refractivity contribution in [2.75, 3.05) is 0 Å². The zero-order valence-electron chi connectivity index (χ0n) is 10.1. The van der Waals surface area contributed by atoms with E-state index >= 15 is 0 Å². The lowest BCUT2D eigenvalue weighted by atomic mass is 10.1. The van der Waals surface area contributed by atoms with Crippen LogP contribution in [-0.4, -0.2) is 10.1 Å². The molecule has 0 atom stereocenters. The van der Waals surface area contributed by atoms with E-state index in [4.69, 9.17) is 14.8 Å². The first-order valence-corrected chi connectivity index (χ1v) is 6.21. The SMILES string of the molecule is Cc1nc(Sc2ccc(CO)cc2C#N)oc1C. The van der Waals surface area contributed by atoms with Gasteiger partial charge in [-0.15, -0.1) is 0 Å². The predicted molar refractivity (Wildman–Crippen MR) is 67.2 cm³/mol. The molecule has 0 radical (unpaired) electrons. The van der Waals surface area contributed by atoms with E-state index in [2.05, 4.69) is 11.1 Å². The van der Waals surface area contributed by atoms with E-state index in [0.29, 0.717) is 10.8 Å². The summed E-state index contributed by atoms with van der Waals surface area (Å²) in [5.74, 6) is 0.781. The Balaban J connectivity index is 2.31. The molecule has 1 aromatic carbocycles. The molecule has 1 heterocycles. The third-order valence-corrected chi connectivity index (χ3v) is 3.48. The van der Waals surface area contributed by atoms with Crippen molar-refractivity contribution < 1.29 is 9.52 Å². The molecule has 0 fully saturated rings. The minimum absolute atomic E-state index is 0.0726. The van der Waals surface area contributed by atoms with Crippen LogP contribution < -0.4 is 0 Å². The summed E-state index contributed by atoms with van der Waals surface area (Å²) in [4.78, 5) is 5.04. The van der Waals surface area contributed by atoms with Crippen molar-refractivity contribution in [1.29, 1.82) is 5.26 Å². The maximum Gasteiger partial charge on any atom is 0.261 e. The van der Waals surface area contributed by atoms with E-state index in [1.165, 1.54) is 11.8 Å². The fourth-order valence-electron chi connectivity index (χ4n) is 1.43. The van der Waals surface area contributed by atoms with Crippen LogP contribution in [0.15, 0.2) is 32.7 Å². The first-order chi connectivity index (χ1) is 8.63. The predicted octanol–water partition coefficient (Wildman–Crippen LogP) is 2.81. The fourth-order valence-corrected chi connectivity index (χ4v) is 2.32. The average molecular weight is 260 g/mol. The number of aromatic nitrogens is 1. The van der Waals surface area contributed by atoms with E-state index in [1.54, 1.807) is 18.2 Å². The van der Waals surface area contributed by atoms with Gasteiger partial charge >= 0.3 is 0 Å². The molecule has 0 unspecified atom stereocenters. The van der Waals surface area contributed by atoms with Crippen LogP contribution >= 0.6 is 11.8 Å². The summed E-state index contributed by atoms with van der Waals surface area (Å²) < 4.78 is 5.47. The highest BCUT2D eigenvalue weighted by atomic mass is 32.2. The topological polar surface area (TPSA) is 70.1 Å². The lowest BCUT2D eigenvalue weighted by molar-refractivity contribution is 0.281. The Morgan fingerprint density at radius 3 is 2.78 bits per heavy atom. The number of nitrogens with zero attached hydrogens (tertiary/aromatic N) is 2. The van der Waals surface area contributed by atoms with Crippen molar-refractivity contribution >= 4 is 11.8 Å². The number of oxazole rings is 1. The number of hydrogen-bond acceptors (Lipinski definition) is 5. The summed E-state index contributed by atoms with van der Waals surface area (Å²) in [6.07, 6.45) is 0. The molecule has 2 aromatic rings. The number of benzene rings is 1. The minimum Gasteiger partial charge on any atom is -0.436 e. The second-order valence-corrected chi connectivity index (χ2v) is 4.82. The number of aliphatic hydroxyl groups excluding tert-OH is 1. The Hall–Kier alpha value is -1.77. The highest BCUT2D eigenvalue weighted by molar-refractivity contribution is 7.99. The zero-order valence-corrected chi connectivity index (χ0v) is 10.9. The number of aryl methyl sites for hydroxylation is 2. The zero-order chi connectivity index (χ0) is 13.1. The lowest BCUT2D eigenvalue weighted by Gasteiger charge is -2.02. The van der Waals surface area contributed by atoms with Crippen molar-refractivity contribution in [3.05, 3.63) is 40.8 Å². The Kier molecular flexibility index (Phi) is 3.70. The molecule has 4 nitrogen and oxygen atoms in total. The fraction of sp³-hybridized carbons (Fsp3) is 0.231. The molecule has 1 N–H and O–H groups in total. The van der Waals surface area contributed by atoms with Gasteiger partial charge in [0.1, 0.15) is 11.8 Å². The third-order valence-electron chi connectivity index (χ3n) is 2.55. The van der Waals surface area contributed by atoms with Crippen LogP contribution in [0.2, 0.25) is 0 Å². The van der Waals surface area contributed by atoms with E-state index in [-0.39, 0.29) is 6.61 Å². The van der Waals surface area contributed by atoms with E-state index in [0.717, 1.165) is 21.9 Å². The van der Waals surface area contributed by atoms with Gasteiger partial charge in [0.15, 0.2) is 0 Å². The summed E-state index contributed by atoms with van der Waals surface area (Å²) >= 11 is 1.31. The molecular weight excluding hydrogens is 248 g/mol. The molecule has 0 bridgehead atoms. The van der Waals surface area contributed by atoms with Crippen LogP contribution in [0, 0.1) is 25.2 Å². The Labute approximate surface area is 109 Å². The van der Waals surface area contributed by atoms with Gasteiger partial charge in [-0.1, -0.05) is 6.07 Å². The molecule has 0 saturated heterocycles. The molecule has 0 saturated carbocycles. The van der Waals surface area contributed by atoms with E-state index < -0.39 is 0 Å². The van der Waals surface area contributed by atoms with Crippen LogP contribution in [0.5, 0.6) is 0 Å². The van der Waals surface area contributed by atoms with Gasteiger partial charge in [0.25, 0.3) is 5.22 Å². The Morgan fingerprint density at radius 1 is 1.44 bits per heavy atom. The number of nitriles is 1. The van der Waals surface area contributed by atoms with Crippen molar-refractivity contribution in [2.45, 2.75) is 30.6 Å². The smallest absolute Gasteiger partial charge is 0.261 e. The largest absolute Gasteiger partial charge is 0.436 e. The molecular formula is C13H12N2O2S. The van der Waals surface area contributed by atoms with Crippen LogP contribution in [-0.2, 0) is 6.61 Å². The summed E-state index contributed by atoms with van der Waals surface area (Å²) in [7, 11) is 0. The number of hydrogen-bond donors (Lipinski definition) is 1. The highest BCUT2D eigenvalue weighted by Crippen LogP contribution is 2.31. The number of aliphatic hydroxyl groups is 1. The molecule has 0 aliphatic heterocycles. The quantitative estimate of drug-likeness (QED) is 0.918. The molecule has 0 aliphatic carbocycles. The van der Waals surface area contributed by atoms with Crippen LogP contribution in [0.25, 0.3) is 0 Å². The van der Waals surface area contributed by atoms with Gasteiger partial charge in [0.05, 0.1) is 17.9 Å². The van der Waals surface area contributed by atoms with Gasteiger partial charge in [-0.25, -0.2) is 4.98 Å². The minimum atomic E-state index is -0.0726. The molecule has 1 aromatic heterocycles. The summed E-state index contributed by atoms with van der Waals surface area (Å²) in [6.45, 7) is 3.66. The molecule has 92 valence electrons. The van der Waals surface area contributed by atoms with Gasteiger partial charge in [-0.3, -0.25) is 0 Å². The molecule has 18 heavy (non-hydrogen) atoms.